The van der Waals surface area contributed by atoms with Crippen LogP contribution in [0.5, 0.6) is 0 Å². The van der Waals surface area contributed by atoms with Gasteiger partial charge in [0.25, 0.3) is 0 Å². The van der Waals surface area contributed by atoms with Crippen LogP contribution in [0.25, 0.3) is 0 Å². The topological polar surface area (TPSA) is 77.5 Å². The molecule has 0 aromatic heterocycles. The van der Waals surface area contributed by atoms with Crippen LogP contribution in [0.4, 0.5) is 0 Å². The van der Waals surface area contributed by atoms with E-state index in [1.54, 1.807) is 19.1 Å². The van der Waals surface area contributed by atoms with Crippen molar-refractivity contribution in [2.24, 2.45) is 5.92 Å². The summed E-state index contributed by atoms with van der Waals surface area (Å²) in [6.07, 6.45) is 1.22. The van der Waals surface area contributed by atoms with E-state index in [0.717, 1.165) is 5.56 Å². The molecule has 0 N–H and O–H groups in total. The van der Waals surface area contributed by atoms with Gasteiger partial charge in [0.15, 0.2) is 9.84 Å². The third kappa shape index (κ3) is 3.91. The molecule has 6 heteroatoms. The maximum Gasteiger partial charge on any atom is 0.310 e. The molecule has 0 saturated carbocycles. The van der Waals surface area contributed by atoms with Crippen LogP contribution in [0.2, 0.25) is 0 Å². The van der Waals surface area contributed by atoms with Crippen molar-refractivity contribution in [1.29, 1.82) is 0 Å². The van der Waals surface area contributed by atoms with Crippen molar-refractivity contribution >= 4 is 21.6 Å². The molecule has 114 valence electrons. The van der Waals surface area contributed by atoms with Gasteiger partial charge in [0.05, 0.1) is 23.2 Å². The number of hydrogen-bond acceptors (Lipinski definition) is 5. The molecule has 1 aromatic rings. The Balaban J connectivity index is 2.09. The lowest BCUT2D eigenvalue weighted by Crippen LogP contribution is -2.20. The van der Waals surface area contributed by atoms with Gasteiger partial charge in [0, 0.05) is 12.8 Å². The molecule has 5 nitrogen and oxygen atoms in total. The minimum Gasteiger partial charge on any atom is -0.465 e. The van der Waals surface area contributed by atoms with E-state index in [0.29, 0.717) is 19.3 Å². The SMILES string of the molecule is CCC(=O)Cc1ccc(S(=O)(=O)C[C@H]2CCOC2=O)cc1. The normalized spacial score (nSPS) is 18.5. The first-order valence-corrected chi connectivity index (χ1v) is 8.57. The smallest absolute Gasteiger partial charge is 0.310 e. The van der Waals surface area contributed by atoms with Crippen LogP contribution in [0.1, 0.15) is 25.3 Å². The summed E-state index contributed by atoms with van der Waals surface area (Å²) >= 11 is 0. The van der Waals surface area contributed by atoms with E-state index in [1.807, 2.05) is 0 Å². The highest BCUT2D eigenvalue weighted by Gasteiger charge is 2.32. The second-order valence-electron chi connectivity index (χ2n) is 5.15. The molecule has 2 rings (SSSR count). The van der Waals surface area contributed by atoms with Crippen LogP contribution < -0.4 is 0 Å². The zero-order valence-electron chi connectivity index (χ0n) is 11.9. The van der Waals surface area contributed by atoms with Gasteiger partial charge < -0.3 is 4.74 Å². The van der Waals surface area contributed by atoms with Crippen molar-refractivity contribution < 1.29 is 22.7 Å². The molecule has 1 atom stereocenters. The van der Waals surface area contributed by atoms with E-state index in [2.05, 4.69) is 0 Å². The Hall–Kier alpha value is -1.69. The molecular weight excluding hydrogens is 292 g/mol. The number of cyclic esters (lactones) is 1. The van der Waals surface area contributed by atoms with E-state index >= 15 is 0 Å². The van der Waals surface area contributed by atoms with Crippen molar-refractivity contribution in [3.63, 3.8) is 0 Å². The molecule has 1 saturated heterocycles. The quantitative estimate of drug-likeness (QED) is 0.745. The molecule has 1 aliphatic rings. The minimum absolute atomic E-state index is 0.110. The van der Waals surface area contributed by atoms with Crippen LogP contribution in [0, 0.1) is 5.92 Å². The summed E-state index contributed by atoms with van der Waals surface area (Å²) in [5.41, 5.74) is 0.793. The first-order chi connectivity index (χ1) is 9.92. The molecule has 0 spiro atoms. The standard InChI is InChI=1S/C15H18O5S/c1-2-13(16)9-11-3-5-14(6-4-11)21(18,19)10-12-7-8-20-15(12)17/h3-6,12H,2,7-10H2,1H3/t12-/m1/s1. The zero-order valence-corrected chi connectivity index (χ0v) is 12.7. The Morgan fingerprint density at radius 1 is 1.29 bits per heavy atom. The number of carbonyl (C=O) groups is 2. The third-order valence-corrected chi connectivity index (χ3v) is 5.37. The van der Waals surface area contributed by atoms with Gasteiger partial charge in [-0.15, -0.1) is 0 Å². The van der Waals surface area contributed by atoms with Gasteiger partial charge in [0.1, 0.15) is 5.78 Å². The van der Waals surface area contributed by atoms with Crippen LogP contribution in [0.3, 0.4) is 0 Å². The molecule has 1 fully saturated rings. The van der Waals surface area contributed by atoms with Crippen molar-refractivity contribution in [3.05, 3.63) is 29.8 Å². The Morgan fingerprint density at radius 3 is 2.48 bits per heavy atom. The average molecular weight is 310 g/mol. The third-order valence-electron chi connectivity index (χ3n) is 3.54. The Morgan fingerprint density at radius 2 is 1.95 bits per heavy atom. The Labute approximate surface area is 124 Å². The fourth-order valence-electron chi connectivity index (χ4n) is 2.22. The summed E-state index contributed by atoms with van der Waals surface area (Å²) in [6.45, 7) is 2.08. The van der Waals surface area contributed by atoms with Gasteiger partial charge in [0.2, 0.25) is 0 Å². The second-order valence-corrected chi connectivity index (χ2v) is 7.18. The summed E-state index contributed by atoms with van der Waals surface area (Å²) in [7, 11) is -3.51. The van der Waals surface area contributed by atoms with Crippen LogP contribution in [-0.4, -0.2) is 32.5 Å². The predicted octanol–water partition coefficient (Wildman–Crippen LogP) is 1.55. The first kappa shape index (κ1) is 15.7. The summed E-state index contributed by atoms with van der Waals surface area (Å²) in [4.78, 5) is 22.9. The molecule has 0 bridgehead atoms. The van der Waals surface area contributed by atoms with Gasteiger partial charge in [-0.2, -0.15) is 0 Å². The van der Waals surface area contributed by atoms with Gasteiger partial charge in [-0.05, 0) is 24.1 Å². The summed E-state index contributed by atoms with van der Waals surface area (Å²) in [5.74, 6) is -1.13. The molecule has 0 aliphatic carbocycles. The number of hydrogen-bond donors (Lipinski definition) is 0. The fraction of sp³-hybridized carbons (Fsp3) is 0.467. The maximum absolute atomic E-state index is 12.2. The Kier molecular flexibility index (Phi) is 4.77. The van der Waals surface area contributed by atoms with Crippen LogP contribution in [0.15, 0.2) is 29.2 Å². The zero-order chi connectivity index (χ0) is 15.5. The number of ketones is 1. The van der Waals surface area contributed by atoms with Gasteiger partial charge >= 0.3 is 5.97 Å². The van der Waals surface area contributed by atoms with Gasteiger partial charge in [-0.25, -0.2) is 8.42 Å². The molecule has 1 aliphatic heterocycles. The van der Waals surface area contributed by atoms with Crippen molar-refractivity contribution in [3.8, 4) is 0 Å². The van der Waals surface area contributed by atoms with Gasteiger partial charge in [-0.3, -0.25) is 9.59 Å². The average Bonchev–Trinajstić information content (AvgIpc) is 2.84. The number of benzene rings is 1. The fourth-order valence-corrected chi connectivity index (χ4v) is 3.79. The summed E-state index contributed by atoms with van der Waals surface area (Å²) in [6, 6.07) is 6.28. The first-order valence-electron chi connectivity index (χ1n) is 6.92. The summed E-state index contributed by atoms with van der Waals surface area (Å²) in [5, 5.41) is 0. The van der Waals surface area contributed by atoms with Crippen molar-refractivity contribution in [2.75, 3.05) is 12.4 Å². The molecule has 1 heterocycles. The molecule has 0 radical (unpaired) electrons. The second kappa shape index (κ2) is 6.39. The molecule has 0 amide bonds. The number of ether oxygens (including phenoxy) is 1. The monoisotopic (exact) mass is 310 g/mol. The van der Waals surface area contributed by atoms with Crippen LogP contribution in [-0.2, 0) is 30.6 Å². The van der Waals surface area contributed by atoms with E-state index in [9.17, 15) is 18.0 Å². The highest BCUT2D eigenvalue weighted by atomic mass is 32.2. The van der Waals surface area contributed by atoms with E-state index < -0.39 is 21.7 Å². The van der Waals surface area contributed by atoms with E-state index in [-0.39, 0.29) is 23.0 Å². The predicted molar refractivity (Wildman–Crippen MR) is 76.6 cm³/mol. The minimum atomic E-state index is -3.51. The lowest BCUT2D eigenvalue weighted by molar-refractivity contribution is -0.140. The van der Waals surface area contributed by atoms with Crippen molar-refractivity contribution in [2.45, 2.75) is 31.1 Å². The largest absolute Gasteiger partial charge is 0.465 e. The van der Waals surface area contributed by atoms with Crippen LogP contribution >= 0.6 is 0 Å². The Bertz CT molecular complexity index is 631. The summed E-state index contributed by atoms with van der Waals surface area (Å²) < 4.78 is 29.3. The van der Waals surface area contributed by atoms with Gasteiger partial charge in [-0.1, -0.05) is 19.1 Å². The lowest BCUT2D eigenvalue weighted by atomic mass is 10.1. The number of esters is 1. The number of sulfone groups is 1. The molecule has 0 unspecified atom stereocenters. The van der Waals surface area contributed by atoms with Crippen molar-refractivity contribution in [1.82, 2.24) is 0 Å². The highest BCUT2D eigenvalue weighted by molar-refractivity contribution is 7.91. The van der Waals surface area contributed by atoms with E-state index in [1.165, 1.54) is 12.1 Å². The molecular formula is C15H18O5S. The maximum atomic E-state index is 12.2. The number of Topliss-reactive ketones (excluding diaryl/α,β-unsaturated/α-hetero) is 1. The van der Waals surface area contributed by atoms with E-state index in [4.69, 9.17) is 4.74 Å². The molecule has 1 aromatic carbocycles. The molecule has 21 heavy (non-hydrogen) atoms. The number of carbonyl (C=O) groups excluding carboxylic acids is 2. The lowest BCUT2D eigenvalue weighted by Gasteiger charge is -2.08. The highest BCUT2D eigenvalue weighted by Crippen LogP contribution is 2.21. The number of rotatable bonds is 6.